The van der Waals surface area contributed by atoms with E-state index in [1.807, 2.05) is 11.8 Å². The van der Waals surface area contributed by atoms with Gasteiger partial charge in [-0.05, 0) is 38.1 Å². The summed E-state index contributed by atoms with van der Waals surface area (Å²) in [5.41, 5.74) is 0. The molecule has 0 N–H and O–H groups in total. The lowest BCUT2D eigenvalue weighted by Crippen LogP contribution is -2.52. The summed E-state index contributed by atoms with van der Waals surface area (Å²) in [6.07, 6.45) is -0.526. The molecule has 1 unspecified atom stereocenters. The first-order valence-corrected chi connectivity index (χ1v) is 8.98. The molecule has 0 bridgehead atoms. The van der Waals surface area contributed by atoms with Gasteiger partial charge in [-0.1, -0.05) is 22.9 Å². The third-order valence-electron chi connectivity index (χ3n) is 3.85. The van der Waals surface area contributed by atoms with E-state index in [1.54, 1.807) is 42.5 Å². The number of hydrogen-bond donors (Lipinski definition) is 0. The van der Waals surface area contributed by atoms with Gasteiger partial charge < -0.3 is 14.5 Å². The van der Waals surface area contributed by atoms with Crippen LogP contribution >= 0.6 is 22.9 Å². The van der Waals surface area contributed by atoms with E-state index in [-0.39, 0.29) is 5.91 Å². The number of anilines is 1. The number of amides is 1. The molecule has 128 valence electrons. The molecule has 0 radical (unpaired) electrons. The predicted molar refractivity (Wildman–Crippen MR) is 95.0 cm³/mol. The van der Waals surface area contributed by atoms with Gasteiger partial charge in [0.15, 0.2) is 6.10 Å². The van der Waals surface area contributed by atoms with Crippen molar-refractivity contribution >= 4 is 34.0 Å². The number of ether oxygens (including phenoxy) is 1. The average molecular weight is 367 g/mol. The van der Waals surface area contributed by atoms with Crippen LogP contribution < -0.4 is 9.64 Å². The lowest BCUT2D eigenvalue weighted by molar-refractivity contribution is -0.138. The normalized spacial score (nSPS) is 16.1. The molecule has 2 aromatic rings. The number of rotatable bonds is 4. The molecule has 0 saturated carbocycles. The minimum Gasteiger partial charge on any atom is -0.481 e. The van der Waals surface area contributed by atoms with Gasteiger partial charge in [-0.25, -0.2) is 0 Å². The fourth-order valence-corrected chi connectivity index (χ4v) is 3.42. The van der Waals surface area contributed by atoms with Crippen LogP contribution in [-0.4, -0.2) is 53.3 Å². The van der Waals surface area contributed by atoms with Gasteiger partial charge >= 0.3 is 0 Å². The van der Waals surface area contributed by atoms with Crippen molar-refractivity contribution < 1.29 is 9.53 Å². The fourth-order valence-electron chi connectivity index (χ4n) is 2.56. The number of carbonyl (C=O) groups is 1. The first-order chi connectivity index (χ1) is 11.5. The van der Waals surface area contributed by atoms with E-state index >= 15 is 0 Å². The van der Waals surface area contributed by atoms with Crippen LogP contribution in [0.2, 0.25) is 5.02 Å². The maximum atomic E-state index is 12.5. The van der Waals surface area contributed by atoms with Gasteiger partial charge in [0.25, 0.3) is 5.91 Å². The molecule has 1 aliphatic heterocycles. The minimum absolute atomic E-state index is 0.00181. The Balaban J connectivity index is 1.53. The molecule has 2 heterocycles. The summed E-state index contributed by atoms with van der Waals surface area (Å²) in [6, 6.07) is 7.03. The molecule has 6 nitrogen and oxygen atoms in total. The second-order valence-corrected chi connectivity index (χ2v) is 7.23. The average Bonchev–Trinajstić information content (AvgIpc) is 3.03. The van der Waals surface area contributed by atoms with Crippen molar-refractivity contribution in [2.75, 3.05) is 31.1 Å². The van der Waals surface area contributed by atoms with E-state index in [2.05, 4.69) is 15.1 Å². The Morgan fingerprint density at radius 2 is 1.88 bits per heavy atom. The second kappa shape index (κ2) is 7.36. The molecule has 1 saturated heterocycles. The van der Waals surface area contributed by atoms with Gasteiger partial charge in [0.05, 0.1) is 0 Å². The van der Waals surface area contributed by atoms with Crippen LogP contribution in [0, 0.1) is 6.92 Å². The molecule has 8 heteroatoms. The Labute approximate surface area is 150 Å². The van der Waals surface area contributed by atoms with Crippen molar-refractivity contribution in [2.45, 2.75) is 20.0 Å². The smallest absolute Gasteiger partial charge is 0.263 e. The number of nitrogens with zero attached hydrogens (tertiary/aromatic N) is 4. The Morgan fingerprint density at radius 1 is 1.21 bits per heavy atom. The molecule has 1 amide bonds. The highest BCUT2D eigenvalue weighted by molar-refractivity contribution is 7.15. The number of halogens is 1. The zero-order valence-electron chi connectivity index (χ0n) is 13.6. The summed E-state index contributed by atoms with van der Waals surface area (Å²) in [5, 5.41) is 10.7. The molecule has 1 aliphatic rings. The third kappa shape index (κ3) is 3.96. The number of hydrogen-bond acceptors (Lipinski definition) is 6. The van der Waals surface area contributed by atoms with Crippen LogP contribution in [0.1, 0.15) is 11.9 Å². The van der Waals surface area contributed by atoms with E-state index in [9.17, 15) is 4.79 Å². The van der Waals surface area contributed by atoms with Crippen molar-refractivity contribution in [3.63, 3.8) is 0 Å². The number of piperazine rings is 1. The highest BCUT2D eigenvalue weighted by Gasteiger charge is 2.27. The van der Waals surface area contributed by atoms with Crippen molar-refractivity contribution in [3.8, 4) is 5.75 Å². The highest BCUT2D eigenvalue weighted by Crippen LogP contribution is 2.21. The molecule has 24 heavy (non-hydrogen) atoms. The molecule has 1 atom stereocenters. The zero-order chi connectivity index (χ0) is 17.1. The quantitative estimate of drug-likeness (QED) is 0.832. The molecule has 3 rings (SSSR count). The monoisotopic (exact) mass is 366 g/mol. The predicted octanol–water partition coefficient (Wildman–Crippen LogP) is 2.62. The minimum atomic E-state index is -0.526. The van der Waals surface area contributed by atoms with Crippen LogP contribution in [-0.2, 0) is 4.79 Å². The lowest BCUT2D eigenvalue weighted by Gasteiger charge is -2.35. The van der Waals surface area contributed by atoms with E-state index in [1.165, 1.54) is 0 Å². The zero-order valence-corrected chi connectivity index (χ0v) is 15.2. The van der Waals surface area contributed by atoms with E-state index in [0.717, 1.165) is 23.2 Å². The summed E-state index contributed by atoms with van der Waals surface area (Å²) < 4.78 is 5.72. The van der Waals surface area contributed by atoms with Crippen LogP contribution in [0.3, 0.4) is 0 Å². The van der Waals surface area contributed by atoms with Crippen LogP contribution in [0.25, 0.3) is 0 Å². The van der Waals surface area contributed by atoms with Crippen molar-refractivity contribution in [1.82, 2.24) is 15.1 Å². The highest BCUT2D eigenvalue weighted by atomic mass is 35.5. The van der Waals surface area contributed by atoms with Crippen molar-refractivity contribution in [2.24, 2.45) is 0 Å². The van der Waals surface area contributed by atoms with E-state index < -0.39 is 6.10 Å². The summed E-state index contributed by atoms with van der Waals surface area (Å²) in [5.74, 6) is 0.640. The van der Waals surface area contributed by atoms with Gasteiger partial charge in [-0.15, -0.1) is 10.2 Å². The SMILES string of the molecule is Cc1nnc(N2CCN(C(=O)C(C)Oc3ccc(Cl)cc3)CC2)s1. The largest absolute Gasteiger partial charge is 0.481 e. The van der Waals surface area contributed by atoms with Gasteiger partial charge in [-0.2, -0.15) is 0 Å². The Kier molecular flexibility index (Phi) is 5.20. The molecular weight excluding hydrogens is 348 g/mol. The topological polar surface area (TPSA) is 58.6 Å². The first-order valence-electron chi connectivity index (χ1n) is 7.79. The maximum absolute atomic E-state index is 12.5. The standard InChI is InChI=1S/C16H19ClN4O2S/c1-11(23-14-5-3-13(17)4-6-14)15(22)20-7-9-21(10-8-20)16-19-18-12(2)24-16/h3-6,11H,7-10H2,1-2H3. The summed E-state index contributed by atoms with van der Waals surface area (Å²) in [7, 11) is 0. The van der Waals surface area contributed by atoms with Gasteiger partial charge in [0.1, 0.15) is 10.8 Å². The number of aryl methyl sites for hydroxylation is 1. The molecule has 0 aliphatic carbocycles. The summed E-state index contributed by atoms with van der Waals surface area (Å²) in [6.45, 7) is 6.55. The maximum Gasteiger partial charge on any atom is 0.263 e. The molecule has 1 aromatic heterocycles. The van der Waals surface area contributed by atoms with Crippen LogP contribution in [0.5, 0.6) is 5.75 Å². The van der Waals surface area contributed by atoms with Gasteiger partial charge in [0.2, 0.25) is 5.13 Å². The van der Waals surface area contributed by atoms with Crippen LogP contribution in [0.15, 0.2) is 24.3 Å². The van der Waals surface area contributed by atoms with Gasteiger partial charge in [0, 0.05) is 31.2 Å². The lowest BCUT2D eigenvalue weighted by atomic mass is 10.2. The van der Waals surface area contributed by atoms with Crippen LogP contribution in [0.4, 0.5) is 5.13 Å². The molecule has 1 aromatic carbocycles. The van der Waals surface area contributed by atoms with Crippen molar-refractivity contribution in [3.05, 3.63) is 34.3 Å². The van der Waals surface area contributed by atoms with Crippen molar-refractivity contribution in [1.29, 1.82) is 0 Å². The Bertz CT molecular complexity index is 698. The first kappa shape index (κ1) is 17.0. The summed E-state index contributed by atoms with van der Waals surface area (Å²) in [4.78, 5) is 16.6. The Morgan fingerprint density at radius 3 is 2.46 bits per heavy atom. The van der Waals surface area contributed by atoms with Gasteiger partial charge in [-0.3, -0.25) is 4.79 Å². The Hall–Kier alpha value is -1.86. The van der Waals surface area contributed by atoms with E-state index in [4.69, 9.17) is 16.3 Å². The fraction of sp³-hybridized carbons (Fsp3) is 0.438. The molecule has 0 spiro atoms. The summed E-state index contributed by atoms with van der Waals surface area (Å²) >= 11 is 7.43. The third-order valence-corrected chi connectivity index (χ3v) is 5.00. The molecular formula is C16H19ClN4O2S. The number of benzene rings is 1. The second-order valence-electron chi connectivity index (χ2n) is 5.63. The van der Waals surface area contributed by atoms with E-state index in [0.29, 0.717) is 23.9 Å². The number of carbonyl (C=O) groups excluding carboxylic acids is 1. The molecule has 1 fully saturated rings. The number of aromatic nitrogens is 2.